The van der Waals surface area contributed by atoms with Crippen LogP contribution < -0.4 is 4.90 Å². The predicted octanol–water partition coefficient (Wildman–Crippen LogP) is 3.30. The third-order valence-electron chi connectivity index (χ3n) is 5.21. The molecule has 0 radical (unpaired) electrons. The molecule has 1 atom stereocenters. The molecule has 0 bridgehead atoms. The summed E-state index contributed by atoms with van der Waals surface area (Å²) in [5, 5.41) is 2.13. The summed E-state index contributed by atoms with van der Waals surface area (Å²) in [5.41, 5.74) is 2.99. The fourth-order valence-electron chi connectivity index (χ4n) is 3.83. The number of fused-ring (bicyclic) bond motifs is 2. The molecule has 1 amide bonds. The van der Waals surface area contributed by atoms with E-state index in [0.29, 0.717) is 12.6 Å². The lowest BCUT2D eigenvalue weighted by molar-refractivity contribution is -0.135. The van der Waals surface area contributed by atoms with Crippen molar-refractivity contribution in [2.75, 3.05) is 24.5 Å². The molecule has 3 aromatic rings. The number of thiophene rings is 1. The Hall–Kier alpha value is -2.34. The van der Waals surface area contributed by atoms with E-state index in [1.54, 1.807) is 11.3 Å². The maximum atomic E-state index is 12.9. The molecule has 0 aliphatic carbocycles. The summed E-state index contributed by atoms with van der Waals surface area (Å²) in [6.45, 7) is 3.11. The van der Waals surface area contributed by atoms with Gasteiger partial charge in [-0.15, -0.1) is 11.3 Å². The van der Waals surface area contributed by atoms with Gasteiger partial charge in [0.15, 0.2) is 5.58 Å². The van der Waals surface area contributed by atoms with Gasteiger partial charge in [0.1, 0.15) is 5.52 Å². The average Bonchev–Trinajstić information content (AvgIpc) is 3.37. The van der Waals surface area contributed by atoms with E-state index in [9.17, 15) is 4.79 Å². The molecule has 1 saturated heterocycles. The maximum Gasteiger partial charge on any atom is 0.298 e. The van der Waals surface area contributed by atoms with Crippen molar-refractivity contribution in [3.63, 3.8) is 0 Å². The van der Waals surface area contributed by atoms with Crippen molar-refractivity contribution in [2.45, 2.75) is 19.4 Å². The molecule has 1 aromatic carbocycles. The standard InChI is InChI=1S/C19H19N3O2S/c23-18(21-9-6-17-13(11-21)7-10-25-17)14-5-8-22(12-14)19-20-15-3-1-2-4-16(15)24-19/h1-4,7,10,14H,5-6,8-9,11-12H2. The Balaban J connectivity index is 1.29. The number of para-hydroxylation sites is 2. The molecule has 6 heteroatoms. The fourth-order valence-corrected chi connectivity index (χ4v) is 4.72. The average molecular weight is 353 g/mol. The number of benzene rings is 1. The van der Waals surface area contributed by atoms with Crippen molar-refractivity contribution in [3.8, 4) is 0 Å². The molecule has 5 rings (SSSR count). The van der Waals surface area contributed by atoms with Crippen LogP contribution >= 0.6 is 11.3 Å². The van der Waals surface area contributed by atoms with E-state index >= 15 is 0 Å². The quantitative estimate of drug-likeness (QED) is 0.709. The van der Waals surface area contributed by atoms with Crippen LogP contribution in [0.4, 0.5) is 6.01 Å². The van der Waals surface area contributed by atoms with E-state index < -0.39 is 0 Å². The summed E-state index contributed by atoms with van der Waals surface area (Å²) in [4.78, 5) is 23.0. The predicted molar refractivity (Wildman–Crippen MR) is 97.8 cm³/mol. The van der Waals surface area contributed by atoms with Crippen molar-refractivity contribution in [3.05, 3.63) is 46.2 Å². The van der Waals surface area contributed by atoms with E-state index in [1.807, 2.05) is 29.2 Å². The van der Waals surface area contributed by atoms with Crippen molar-refractivity contribution in [1.29, 1.82) is 0 Å². The summed E-state index contributed by atoms with van der Waals surface area (Å²) in [5.74, 6) is 0.311. The van der Waals surface area contributed by atoms with Gasteiger partial charge in [0.2, 0.25) is 5.91 Å². The molecule has 1 fully saturated rings. The number of hydrogen-bond acceptors (Lipinski definition) is 5. The number of aromatic nitrogens is 1. The number of hydrogen-bond donors (Lipinski definition) is 0. The third kappa shape index (κ3) is 2.61. The molecule has 0 spiro atoms. The Morgan fingerprint density at radius 3 is 3.08 bits per heavy atom. The van der Waals surface area contributed by atoms with Crippen LogP contribution in [0, 0.1) is 5.92 Å². The molecule has 2 aliphatic heterocycles. The van der Waals surface area contributed by atoms with Crippen LogP contribution in [-0.4, -0.2) is 35.4 Å². The molecular weight excluding hydrogens is 334 g/mol. The Bertz CT molecular complexity index is 899. The number of rotatable bonds is 2. The molecule has 0 saturated carbocycles. The Morgan fingerprint density at radius 1 is 1.24 bits per heavy atom. The minimum Gasteiger partial charge on any atom is -0.423 e. The topological polar surface area (TPSA) is 49.6 Å². The minimum atomic E-state index is 0.0372. The second-order valence-corrected chi connectivity index (χ2v) is 7.78. The van der Waals surface area contributed by atoms with Gasteiger partial charge in [0, 0.05) is 31.1 Å². The van der Waals surface area contributed by atoms with Crippen molar-refractivity contribution >= 4 is 34.4 Å². The first kappa shape index (κ1) is 15.0. The lowest BCUT2D eigenvalue weighted by Gasteiger charge is -2.29. The first-order valence-corrected chi connectivity index (χ1v) is 9.60. The van der Waals surface area contributed by atoms with E-state index in [-0.39, 0.29) is 11.8 Å². The largest absolute Gasteiger partial charge is 0.423 e. The van der Waals surface area contributed by atoms with Crippen LogP contribution in [0.15, 0.2) is 40.1 Å². The van der Waals surface area contributed by atoms with Gasteiger partial charge in [-0.2, -0.15) is 4.98 Å². The van der Waals surface area contributed by atoms with Crippen LogP contribution in [0.5, 0.6) is 0 Å². The van der Waals surface area contributed by atoms with E-state index in [4.69, 9.17) is 4.42 Å². The second kappa shape index (κ2) is 5.88. The first-order chi connectivity index (χ1) is 12.3. The van der Waals surface area contributed by atoms with Gasteiger partial charge in [-0.25, -0.2) is 0 Å². The number of oxazole rings is 1. The molecule has 25 heavy (non-hydrogen) atoms. The summed E-state index contributed by atoms with van der Waals surface area (Å²) in [7, 11) is 0. The summed E-state index contributed by atoms with van der Waals surface area (Å²) >= 11 is 1.80. The zero-order valence-corrected chi connectivity index (χ0v) is 14.7. The van der Waals surface area contributed by atoms with E-state index in [0.717, 1.165) is 43.6 Å². The monoisotopic (exact) mass is 353 g/mol. The molecule has 5 nitrogen and oxygen atoms in total. The summed E-state index contributed by atoms with van der Waals surface area (Å²) in [6.07, 6.45) is 1.85. The van der Waals surface area contributed by atoms with E-state index in [2.05, 4.69) is 21.3 Å². The number of nitrogens with zero attached hydrogens (tertiary/aromatic N) is 3. The number of carbonyl (C=O) groups excluding carboxylic acids is 1. The zero-order valence-electron chi connectivity index (χ0n) is 13.9. The highest BCUT2D eigenvalue weighted by atomic mass is 32.1. The zero-order chi connectivity index (χ0) is 16.8. The SMILES string of the molecule is O=C(C1CCN(c2nc3ccccc3o2)C1)N1CCc2sccc2C1. The van der Waals surface area contributed by atoms with Gasteiger partial charge >= 0.3 is 0 Å². The highest BCUT2D eigenvalue weighted by Crippen LogP contribution is 2.30. The van der Waals surface area contributed by atoms with E-state index in [1.165, 1.54) is 10.4 Å². The van der Waals surface area contributed by atoms with Crippen LogP contribution in [0.2, 0.25) is 0 Å². The molecular formula is C19H19N3O2S. The van der Waals surface area contributed by atoms with Crippen molar-refractivity contribution < 1.29 is 9.21 Å². The van der Waals surface area contributed by atoms with Gasteiger partial charge < -0.3 is 14.2 Å². The minimum absolute atomic E-state index is 0.0372. The first-order valence-electron chi connectivity index (χ1n) is 8.72. The molecule has 4 heterocycles. The lowest BCUT2D eigenvalue weighted by Crippen LogP contribution is -2.40. The Kier molecular flexibility index (Phi) is 3.52. The van der Waals surface area contributed by atoms with Crippen LogP contribution in [0.3, 0.4) is 0 Å². The number of amides is 1. The van der Waals surface area contributed by atoms with Gasteiger partial charge in [0.25, 0.3) is 6.01 Å². The molecule has 128 valence electrons. The molecule has 2 aliphatic rings. The molecule has 1 unspecified atom stereocenters. The van der Waals surface area contributed by atoms with Gasteiger partial charge in [0.05, 0.1) is 5.92 Å². The summed E-state index contributed by atoms with van der Waals surface area (Å²) < 4.78 is 5.85. The van der Waals surface area contributed by atoms with Crippen molar-refractivity contribution in [2.24, 2.45) is 5.92 Å². The lowest BCUT2D eigenvalue weighted by atomic mass is 10.0. The van der Waals surface area contributed by atoms with Gasteiger partial charge in [-0.05, 0) is 42.0 Å². The normalized spacial score (nSPS) is 20.2. The van der Waals surface area contributed by atoms with Gasteiger partial charge in [-0.1, -0.05) is 12.1 Å². The Morgan fingerprint density at radius 2 is 2.16 bits per heavy atom. The molecule has 2 aromatic heterocycles. The maximum absolute atomic E-state index is 12.9. The third-order valence-corrected chi connectivity index (χ3v) is 6.23. The fraction of sp³-hybridized carbons (Fsp3) is 0.368. The summed E-state index contributed by atoms with van der Waals surface area (Å²) in [6, 6.07) is 10.6. The highest BCUT2D eigenvalue weighted by molar-refractivity contribution is 7.10. The number of anilines is 1. The van der Waals surface area contributed by atoms with Crippen LogP contribution in [0.25, 0.3) is 11.1 Å². The van der Waals surface area contributed by atoms with Crippen LogP contribution in [-0.2, 0) is 17.8 Å². The Labute approximate surface area is 149 Å². The van der Waals surface area contributed by atoms with Crippen LogP contribution in [0.1, 0.15) is 16.9 Å². The highest BCUT2D eigenvalue weighted by Gasteiger charge is 2.34. The number of carbonyl (C=O) groups is 1. The van der Waals surface area contributed by atoms with Crippen molar-refractivity contribution in [1.82, 2.24) is 9.88 Å². The smallest absolute Gasteiger partial charge is 0.298 e. The van der Waals surface area contributed by atoms with Gasteiger partial charge in [-0.3, -0.25) is 4.79 Å². The second-order valence-electron chi connectivity index (χ2n) is 6.77. The molecule has 0 N–H and O–H groups in total.